The fourth-order valence-electron chi connectivity index (χ4n) is 5.84. The molecule has 5 rings (SSSR count). The van der Waals surface area contributed by atoms with Crippen molar-refractivity contribution in [2.45, 2.75) is 71.1 Å². The zero-order valence-corrected chi connectivity index (χ0v) is 27.2. The van der Waals surface area contributed by atoms with E-state index in [0.29, 0.717) is 34.3 Å². The normalized spacial score (nSPS) is 11.3. The second kappa shape index (κ2) is 17.0. The molecule has 0 unspecified atom stereocenters. The van der Waals surface area contributed by atoms with Crippen LogP contribution in [0.4, 0.5) is 17.1 Å². The van der Waals surface area contributed by atoms with Gasteiger partial charge in [0.2, 0.25) is 0 Å². The van der Waals surface area contributed by atoms with E-state index in [1.54, 1.807) is 36.4 Å². The lowest BCUT2D eigenvalue weighted by molar-refractivity contribution is 0.0952. The zero-order valence-electron chi connectivity index (χ0n) is 27.2. The van der Waals surface area contributed by atoms with Crippen LogP contribution in [0.1, 0.15) is 91.8 Å². The molecule has 0 aliphatic rings. The second-order valence-electron chi connectivity index (χ2n) is 12.0. The number of phenols is 1. The molecule has 0 saturated carbocycles. The van der Waals surface area contributed by atoms with Crippen LogP contribution >= 0.6 is 0 Å². The molecule has 0 fully saturated rings. The van der Waals surface area contributed by atoms with Crippen LogP contribution in [-0.2, 0) is 0 Å². The lowest BCUT2D eigenvalue weighted by Gasteiger charge is -2.13. The molecule has 0 saturated heterocycles. The maximum Gasteiger partial charge on any atom is 0.259 e. The summed E-state index contributed by atoms with van der Waals surface area (Å²) < 4.78 is 0. The Kier molecular flexibility index (Phi) is 12.1. The van der Waals surface area contributed by atoms with Gasteiger partial charge in [-0.15, -0.1) is 5.11 Å². The largest absolute Gasteiger partial charge is 0.505 e. The summed E-state index contributed by atoms with van der Waals surface area (Å²) in [7, 11) is 0. The number of unbranched alkanes of at least 4 members (excludes halogenated alkanes) is 9. The Labute approximate surface area is 277 Å². The number of azo groups is 1. The van der Waals surface area contributed by atoms with E-state index >= 15 is 0 Å². The Morgan fingerprint density at radius 3 is 2.09 bits per heavy atom. The summed E-state index contributed by atoms with van der Waals surface area (Å²) in [5.74, 6) is -0.953. The van der Waals surface area contributed by atoms with E-state index < -0.39 is 5.91 Å². The predicted molar refractivity (Wildman–Crippen MR) is 192 cm³/mol. The van der Waals surface area contributed by atoms with Gasteiger partial charge in [0, 0.05) is 28.6 Å². The van der Waals surface area contributed by atoms with E-state index in [4.69, 9.17) is 0 Å². The predicted octanol–water partition coefficient (Wildman–Crippen LogP) is 11.0. The number of aromatic hydroxyl groups is 1. The molecule has 0 aromatic heterocycles. The first kappa shape index (κ1) is 33.3. The molecule has 47 heavy (non-hydrogen) atoms. The first-order chi connectivity index (χ1) is 23.0. The van der Waals surface area contributed by atoms with Crippen molar-refractivity contribution in [3.8, 4) is 5.75 Å². The molecule has 0 aliphatic carbocycles. The number of amides is 2. The molecule has 0 aliphatic heterocycles. The van der Waals surface area contributed by atoms with E-state index in [2.05, 4.69) is 27.8 Å². The Hall–Kier alpha value is -5.04. The third-order valence-electron chi connectivity index (χ3n) is 8.47. The van der Waals surface area contributed by atoms with Crippen LogP contribution in [0.25, 0.3) is 21.5 Å². The molecular formula is C40H44N4O3. The van der Waals surface area contributed by atoms with Gasteiger partial charge in [-0.2, -0.15) is 5.11 Å². The van der Waals surface area contributed by atoms with Gasteiger partial charge in [-0.3, -0.25) is 9.59 Å². The van der Waals surface area contributed by atoms with Gasteiger partial charge in [-0.25, -0.2) is 0 Å². The molecule has 0 bridgehead atoms. The van der Waals surface area contributed by atoms with Gasteiger partial charge in [0.15, 0.2) is 5.75 Å². The number of carbonyl (C=O) groups excluding carboxylic acids is 2. The summed E-state index contributed by atoms with van der Waals surface area (Å²) in [6.07, 6.45) is 12.4. The van der Waals surface area contributed by atoms with Crippen LogP contribution in [0.15, 0.2) is 107 Å². The van der Waals surface area contributed by atoms with Gasteiger partial charge in [0.05, 0.1) is 11.3 Å². The first-order valence-corrected chi connectivity index (χ1v) is 16.9. The maximum absolute atomic E-state index is 13.7. The van der Waals surface area contributed by atoms with Crippen LogP contribution in [0, 0.1) is 0 Å². The molecule has 242 valence electrons. The molecule has 5 aromatic carbocycles. The van der Waals surface area contributed by atoms with Crippen LogP contribution in [0.3, 0.4) is 0 Å². The van der Waals surface area contributed by atoms with Crippen molar-refractivity contribution in [1.82, 2.24) is 5.32 Å². The summed E-state index contributed by atoms with van der Waals surface area (Å²) in [5.41, 5.74) is 1.90. The SMILES string of the molecule is CCCCCCCCCCCCNC(=O)c1ccc2c(N=Nc3ccccc3)c(O)c(C(=O)Nc3cccc4ccccc34)cc2c1. The Bertz CT molecular complexity index is 1830. The Morgan fingerprint density at radius 2 is 1.32 bits per heavy atom. The molecule has 7 nitrogen and oxygen atoms in total. The van der Waals surface area contributed by atoms with E-state index in [9.17, 15) is 14.7 Å². The summed E-state index contributed by atoms with van der Waals surface area (Å²) in [4.78, 5) is 26.8. The number of nitrogens with zero attached hydrogens (tertiary/aromatic N) is 2. The highest BCUT2D eigenvalue weighted by Gasteiger charge is 2.20. The van der Waals surface area contributed by atoms with E-state index in [0.717, 1.165) is 23.6 Å². The van der Waals surface area contributed by atoms with Gasteiger partial charge in [0.1, 0.15) is 5.69 Å². The number of phenolic OH excluding ortho intramolecular Hbond substituents is 1. The average Bonchev–Trinajstić information content (AvgIpc) is 3.10. The minimum Gasteiger partial charge on any atom is -0.505 e. The van der Waals surface area contributed by atoms with Crippen molar-refractivity contribution in [2.75, 3.05) is 11.9 Å². The molecule has 0 atom stereocenters. The van der Waals surface area contributed by atoms with Gasteiger partial charge >= 0.3 is 0 Å². The summed E-state index contributed by atoms with van der Waals surface area (Å²) in [6.45, 7) is 2.85. The maximum atomic E-state index is 13.7. The highest BCUT2D eigenvalue weighted by Crippen LogP contribution is 2.40. The second-order valence-corrected chi connectivity index (χ2v) is 12.0. The number of rotatable bonds is 16. The minimum absolute atomic E-state index is 0.0374. The molecule has 0 heterocycles. The van der Waals surface area contributed by atoms with Crippen molar-refractivity contribution in [3.05, 3.63) is 108 Å². The number of carbonyl (C=O) groups is 2. The van der Waals surface area contributed by atoms with Gasteiger partial charge in [0.25, 0.3) is 11.8 Å². The van der Waals surface area contributed by atoms with Crippen molar-refractivity contribution in [3.63, 3.8) is 0 Å². The molecule has 3 N–H and O–H groups in total. The van der Waals surface area contributed by atoms with Gasteiger partial charge < -0.3 is 15.7 Å². The molecular weight excluding hydrogens is 584 g/mol. The molecule has 2 amide bonds. The highest BCUT2D eigenvalue weighted by molar-refractivity contribution is 6.14. The Morgan fingerprint density at radius 1 is 0.638 bits per heavy atom. The number of nitrogens with one attached hydrogen (secondary N) is 2. The van der Waals surface area contributed by atoms with E-state index in [1.807, 2.05) is 60.7 Å². The number of hydrogen-bond donors (Lipinski definition) is 3. The number of benzene rings is 5. The molecule has 5 aromatic rings. The molecule has 0 radical (unpaired) electrons. The number of fused-ring (bicyclic) bond motifs is 2. The summed E-state index contributed by atoms with van der Waals surface area (Å²) in [5, 5.41) is 29.1. The lowest BCUT2D eigenvalue weighted by atomic mass is 10.00. The number of anilines is 1. The summed E-state index contributed by atoms with van der Waals surface area (Å²) in [6, 6.07) is 29.4. The number of hydrogen-bond acceptors (Lipinski definition) is 5. The average molecular weight is 629 g/mol. The third-order valence-corrected chi connectivity index (χ3v) is 8.47. The van der Waals surface area contributed by atoms with Crippen molar-refractivity contribution in [1.29, 1.82) is 0 Å². The van der Waals surface area contributed by atoms with Crippen molar-refractivity contribution >= 4 is 50.4 Å². The van der Waals surface area contributed by atoms with Crippen LogP contribution in [0.5, 0.6) is 5.75 Å². The zero-order chi connectivity index (χ0) is 32.8. The van der Waals surface area contributed by atoms with Crippen LogP contribution < -0.4 is 10.6 Å². The monoisotopic (exact) mass is 628 g/mol. The third kappa shape index (κ3) is 9.03. The minimum atomic E-state index is -0.493. The smallest absolute Gasteiger partial charge is 0.259 e. The molecule has 7 heteroatoms. The fourth-order valence-corrected chi connectivity index (χ4v) is 5.84. The lowest BCUT2D eigenvalue weighted by Crippen LogP contribution is -2.24. The topological polar surface area (TPSA) is 103 Å². The first-order valence-electron chi connectivity index (χ1n) is 16.9. The standard InChI is InChI=1S/C40H44N4O3/c1-2-3-4-5-6-7-8-9-10-16-26-41-39(46)30-24-25-34-31(27-30)28-35(38(45)37(34)44-43-32-20-12-11-13-21-32)40(47)42-36-23-17-19-29-18-14-15-22-33(29)36/h11-15,17-25,27-28,45H,2-10,16,26H2,1H3,(H,41,46)(H,42,47). The molecule has 0 spiro atoms. The van der Waals surface area contributed by atoms with Crippen molar-refractivity contribution < 1.29 is 14.7 Å². The Balaban J connectivity index is 1.32. The van der Waals surface area contributed by atoms with Crippen LogP contribution in [0.2, 0.25) is 0 Å². The van der Waals surface area contributed by atoms with Gasteiger partial charge in [-0.1, -0.05) is 125 Å². The van der Waals surface area contributed by atoms with E-state index in [1.165, 1.54) is 51.4 Å². The quantitative estimate of drug-likeness (QED) is 0.0748. The van der Waals surface area contributed by atoms with E-state index in [-0.39, 0.29) is 22.9 Å². The van der Waals surface area contributed by atoms with Gasteiger partial charge in [-0.05, 0) is 53.6 Å². The fraction of sp³-hybridized carbons (Fsp3) is 0.300. The van der Waals surface area contributed by atoms with Crippen LogP contribution in [-0.4, -0.2) is 23.5 Å². The summed E-state index contributed by atoms with van der Waals surface area (Å²) >= 11 is 0. The highest BCUT2D eigenvalue weighted by atomic mass is 16.3. The van der Waals surface area contributed by atoms with Crippen molar-refractivity contribution in [2.24, 2.45) is 10.2 Å².